The summed E-state index contributed by atoms with van der Waals surface area (Å²) in [4.78, 5) is 40.3. The first-order chi connectivity index (χ1) is 20.8. The van der Waals surface area contributed by atoms with E-state index in [4.69, 9.17) is 14.2 Å². The number of methoxy groups -OCH3 is 1. The molecular weight excluding hydrogens is 558 g/mol. The van der Waals surface area contributed by atoms with Gasteiger partial charge >= 0.3 is 18.0 Å². The molecule has 1 aliphatic heterocycles. The summed E-state index contributed by atoms with van der Waals surface area (Å²) < 4.78 is 17.1. The van der Waals surface area contributed by atoms with E-state index >= 15 is 0 Å². The molecule has 0 saturated carbocycles. The maximum Gasteiger partial charge on any atom is 0.410 e. The van der Waals surface area contributed by atoms with Crippen LogP contribution in [0.15, 0.2) is 48.1 Å². The van der Waals surface area contributed by atoms with E-state index in [1.807, 2.05) is 38.1 Å². The molecule has 44 heavy (non-hydrogen) atoms. The van der Waals surface area contributed by atoms with Gasteiger partial charge in [0.25, 0.3) is 0 Å². The fraction of sp³-hybridized carbons (Fsp3) is 0.639. The summed E-state index contributed by atoms with van der Waals surface area (Å²) in [5.41, 5.74) is 1.94. The van der Waals surface area contributed by atoms with Crippen molar-refractivity contribution in [3.63, 3.8) is 0 Å². The smallest absolute Gasteiger partial charge is 0.410 e. The predicted octanol–water partition coefficient (Wildman–Crippen LogP) is 6.70. The van der Waals surface area contributed by atoms with Crippen molar-refractivity contribution in [1.29, 1.82) is 0 Å². The first-order valence-electron chi connectivity index (χ1n) is 16.3. The Balaban J connectivity index is 1.47. The molecule has 1 aromatic carbocycles. The fourth-order valence-electron chi connectivity index (χ4n) is 6.92. The number of ether oxygens (including phenoxy) is 3. The SMILES string of the molecule is CC[C@H](C)C(=O)O[C@H]1C[C@@H](C)C=C2C=C[C@H](C)[C@H](CC[C@@H]3C[C@H](CC(=O)OC)N(Cc4ccc(C(C)(C)O)cc4)C(=O)O3)[C@H]21. The third-order valence-electron chi connectivity index (χ3n) is 9.82. The minimum absolute atomic E-state index is 0.0907. The minimum atomic E-state index is -0.961. The van der Waals surface area contributed by atoms with Crippen LogP contribution in [0.1, 0.15) is 91.2 Å². The summed E-state index contributed by atoms with van der Waals surface area (Å²) in [5, 5.41) is 10.3. The van der Waals surface area contributed by atoms with Gasteiger partial charge < -0.3 is 24.2 Å². The molecule has 1 N–H and O–H groups in total. The molecule has 0 bridgehead atoms. The Kier molecular flexibility index (Phi) is 11.0. The molecule has 0 aromatic heterocycles. The summed E-state index contributed by atoms with van der Waals surface area (Å²) in [5.74, 6) is 0.313. The number of amides is 1. The van der Waals surface area contributed by atoms with E-state index in [0.29, 0.717) is 25.3 Å². The molecule has 1 heterocycles. The number of hydrogen-bond acceptors (Lipinski definition) is 7. The van der Waals surface area contributed by atoms with Gasteiger partial charge in [-0.05, 0) is 74.0 Å². The quantitative estimate of drug-likeness (QED) is 0.220. The third-order valence-corrected chi connectivity index (χ3v) is 9.82. The van der Waals surface area contributed by atoms with Gasteiger partial charge in [-0.15, -0.1) is 0 Å². The monoisotopic (exact) mass is 609 g/mol. The standard InChI is InChI=1S/C36H51NO7/c1-8-23(3)34(39)44-31-18-22(2)17-26-12-9-24(4)30(33(26)31)16-15-29-19-28(20-32(38)42-7)37(35(40)43-29)21-25-10-13-27(14-11-25)36(5,6)41/h9-14,17,22-24,28-31,33,41H,8,15-16,18-21H2,1-7H3/t22-,23-,24-,28+,29+,30-,31-,33-/m0/s1. The van der Waals surface area contributed by atoms with E-state index in [0.717, 1.165) is 30.4 Å². The van der Waals surface area contributed by atoms with Gasteiger partial charge in [-0.2, -0.15) is 0 Å². The van der Waals surface area contributed by atoms with Crippen molar-refractivity contribution in [2.75, 3.05) is 7.11 Å². The van der Waals surface area contributed by atoms with Crippen LogP contribution in [0.4, 0.5) is 4.79 Å². The minimum Gasteiger partial charge on any atom is -0.469 e. The number of allylic oxidation sites excluding steroid dienone is 3. The molecule has 1 aromatic rings. The fourth-order valence-corrected chi connectivity index (χ4v) is 6.92. The molecule has 242 valence electrons. The van der Waals surface area contributed by atoms with E-state index in [9.17, 15) is 19.5 Å². The Hall–Kier alpha value is -3.13. The molecule has 3 aliphatic rings. The average Bonchev–Trinajstić information content (AvgIpc) is 2.97. The second-order valence-electron chi connectivity index (χ2n) is 13.7. The lowest BCUT2D eigenvalue weighted by molar-refractivity contribution is -0.158. The average molecular weight is 610 g/mol. The Morgan fingerprint density at radius 1 is 1.14 bits per heavy atom. The lowest BCUT2D eigenvalue weighted by Gasteiger charge is -2.44. The Bertz CT molecular complexity index is 1230. The highest BCUT2D eigenvalue weighted by atomic mass is 16.6. The second-order valence-corrected chi connectivity index (χ2v) is 13.7. The van der Waals surface area contributed by atoms with Gasteiger partial charge in [0.1, 0.15) is 12.2 Å². The van der Waals surface area contributed by atoms with Crippen LogP contribution in [0.5, 0.6) is 0 Å². The second kappa shape index (κ2) is 14.3. The van der Waals surface area contributed by atoms with Crippen molar-refractivity contribution >= 4 is 18.0 Å². The van der Waals surface area contributed by atoms with Crippen molar-refractivity contribution in [2.45, 2.75) is 110 Å². The number of benzene rings is 1. The van der Waals surface area contributed by atoms with Crippen LogP contribution < -0.4 is 0 Å². The topological polar surface area (TPSA) is 102 Å². The molecule has 8 heteroatoms. The number of cyclic esters (lactones) is 1. The van der Waals surface area contributed by atoms with E-state index in [-0.39, 0.29) is 60.3 Å². The van der Waals surface area contributed by atoms with Gasteiger partial charge in [0.15, 0.2) is 0 Å². The Morgan fingerprint density at radius 2 is 1.84 bits per heavy atom. The third kappa shape index (κ3) is 8.12. The zero-order chi connectivity index (χ0) is 32.2. The predicted molar refractivity (Wildman–Crippen MR) is 168 cm³/mol. The maximum atomic E-state index is 13.4. The first-order valence-corrected chi connectivity index (χ1v) is 16.3. The van der Waals surface area contributed by atoms with Crippen molar-refractivity contribution in [1.82, 2.24) is 4.90 Å². The van der Waals surface area contributed by atoms with Gasteiger partial charge in [-0.1, -0.05) is 70.2 Å². The number of nitrogens with zero attached hydrogens (tertiary/aromatic N) is 1. The Morgan fingerprint density at radius 3 is 2.48 bits per heavy atom. The van der Waals surface area contributed by atoms with Gasteiger partial charge in [-0.3, -0.25) is 9.59 Å². The highest BCUT2D eigenvalue weighted by Gasteiger charge is 2.43. The molecule has 0 unspecified atom stereocenters. The van der Waals surface area contributed by atoms with E-state index in [1.54, 1.807) is 18.7 Å². The molecule has 1 fully saturated rings. The summed E-state index contributed by atoms with van der Waals surface area (Å²) in [6, 6.07) is 7.12. The number of hydrogen-bond donors (Lipinski definition) is 1. The van der Waals surface area contributed by atoms with Crippen molar-refractivity contribution in [2.24, 2.45) is 29.6 Å². The van der Waals surface area contributed by atoms with Crippen molar-refractivity contribution in [3.05, 3.63) is 59.2 Å². The lowest BCUT2D eigenvalue weighted by atomic mass is 9.65. The summed E-state index contributed by atoms with van der Waals surface area (Å²) in [6.07, 6.45) is 9.44. The summed E-state index contributed by atoms with van der Waals surface area (Å²) in [6.45, 7) is 12.1. The molecule has 8 nitrogen and oxygen atoms in total. The highest BCUT2D eigenvalue weighted by molar-refractivity contribution is 5.74. The molecule has 2 aliphatic carbocycles. The van der Waals surface area contributed by atoms with E-state index < -0.39 is 11.7 Å². The first kappa shape index (κ1) is 33.8. The van der Waals surface area contributed by atoms with Crippen molar-refractivity contribution in [3.8, 4) is 0 Å². The normalized spacial score (nSPS) is 29.3. The molecule has 1 amide bonds. The van der Waals surface area contributed by atoms with Crippen LogP contribution in [0.25, 0.3) is 0 Å². The number of rotatable bonds is 11. The molecule has 0 spiro atoms. The molecule has 1 saturated heterocycles. The highest BCUT2D eigenvalue weighted by Crippen LogP contribution is 2.45. The van der Waals surface area contributed by atoms with Crippen LogP contribution in [-0.4, -0.2) is 53.4 Å². The van der Waals surface area contributed by atoms with Gasteiger partial charge in [0.05, 0.1) is 25.0 Å². The van der Waals surface area contributed by atoms with E-state index in [1.165, 1.54) is 12.7 Å². The lowest BCUT2D eigenvalue weighted by Crippen LogP contribution is -2.49. The summed E-state index contributed by atoms with van der Waals surface area (Å²) >= 11 is 0. The summed E-state index contributed by atoms with van der Waals surface area (Å²) in [7, 11) is 1.36. The number of carbonyl (C=O) groups excluding carboxylic acids is 3. The maximum absolute atomic E-state index is 13.4. The van der Waals surface area contributed by atoms with Crippen LogP contribution in [0, 0.1) is 29.6 Å². The Labute approximate surface area is 262 Å². The zero-order valence-electron chi connectivity index (χ0n) is 27.5. The molecular formula is C36H51NO7. The molecule has 8 atom stereocenters. The molecule has 4 rings (SSSR count). The van der Waals surface area contributed by atoms with Crippen LogP contribution in [-0.2, 0) is 35.9 Å². The van der Waals surface area contributed by atoms with Crippen LogP contribution >= 0.6 is 0 Å². The largest absolute Gasteiger partial charge is 0.469 e. The van der Waals surface area contributed by atoms with Crippen LogP contribution in [0.2, 0.25) is 0 Å². The zero-order valence-corrected chi connectivity index (χ0v) is 27.5. The number of fused-ring (bicyclic) bond motifs is 1. The number of carbonyl (C=O) groups is 3. The number of aliphatic hydroxyl groups is 1. The van der Waals surface area contributed by atoms with Gasteiger partial charge in [0.2, 0.25) is 0 Å². The number of esters is 2. The van der Waals surface area contributed by atoms with Crippen LogP contribution in [0.3, 0.4) is 0 Å². The van der Waals surface area contributed by atoms with Gasteiger partial charge in [-0.25, -0.2) is 4.79 Å². The van der Waals surface area contributed by atoms with E-state index in [2.05, 4.69) is 32.1 Å². The molecule has 0 radical (unpaired) electrons. The van der Waals surface area contributed by atoms with Gasteiger partial charge in [0, 0.05) is 24.9 Å². The van der Waals surface area contributed by atoms with Crippen molar-refractivity contribution < 1.29 is 33.7 Å².